The number of aliphatic hydroxyl groups excluding tert-OH is 1. The highest BCUT2D eigenvalue weighted by Crippen LogP contribution is 2.19. The van der Waals surface area contributed by atoms with Crippen molar-refractivity contribution in [3.63, 3.8) is 0 Å². The standard InChI is InChI=1S/C20H22N4O3/c1-13(2)23-17(21)12-18(22)27-16-10-8-15(9-11-16)24-20(26)19(25)14-6-4-3-5-7-14/h3-12,19,25H,1,22H2,2H3,(H2,21,23)(H,24,26)/b18-12+/t19-/m1/s1. The minimum atomic E-state index is -1.26. The first kappa shape index (κ1) is 19.7. The van der Waals surface area contributed by atoms with E-state index < -0.39 is 12.0 Å². The molecule has 0 aliphatic heterocycles. The van der Waals surface area contributed by atoms with Gasteiger partial charge in [0.25, 0.3) is 5.91 Å². The van der Waals surface area contributed by atoms with Crippen LogP contribution in [-0.2, 0) is 4.79 Å². The van der Waals surface area contributed by atoms with Crippen LogP contribution in [0, 0.1) is 5.41 Å². The predicted molar refractivity (Wildman–Crippen MR) is 105 cm³/mol. The van der Waals surface area contributed by atoms with Crippen molar-refractivity contribution in [2.45, 2.75) is 13.0 Å². The van der Waals surface area contributed by atoms with Crippen LogP contribution in [-0.4, -0.2) is 16.8 Å². The normalized spacial score (nSPS) is 12.0. The maximum atomic E-state index is 12.1. The van der Waals surface area contributed by atoms with Gasteiger partial charge in [-0.25, -0.2) is 0 Å². The van der Waals surface area contributed by atoms with Gasteiger partial charge in [-0.05, 0) is 36.8 Å². The molecular weight excluding hydrogens is 344 g/mol. The number of aliphatic hydroxyl groups is 1. The summed E-state index contributed by atoms with van der Waals surface area (Å²) < 4.78 is 5.41. The van der Waals surface area contributed by atoms with E-state index in [1.165, 1.54) is 6.08 Å². The van der Waals surface area contributed by atoms with Gasteiger partial charge in [-0.1, -0.05) is 36.9 Å². The van der Waals surface area contributed by atoms with Gasteiger partial charge in [0, 0.05) is 17.5 Å². The summed E-state index contributed by atoms with van der Waals surface area (Å²) in [7, 11) is 0. The van der Waals surface area contributed by atoms with Crippen molar-refractivity contribution >= 4 is 17.4 Å². The molecule has 0 aromatic heterocycles. The Morgan fingerprint density at radius 1 is 1.22 bits per heavy atom. The van der Waals surface area contributed by atoms with Gasteiger partial charge in [-0.2, -0.15) is 0 Å². The number of anilines is 1. The molecule has 0 bridgehead atoms. The molecule has 0 heterocycles. The maximum Gasteiger partial charge on any atom is 0.257 e. The molecule has 1 atom stereocenters. The van der Waals surface area contributed by atoms with Gasteiger partial charge in [0.2, 0.25) is 0 Å². The Bertz CT molecular complexity index is 845. The van der Waals surface area contributed by atoms with Crippen LogP contribution in [0.5, 0.6) is 5.75 Å². The summed E-state index contributed by atoms with van der Waals surface area (Å²) in [4.78, 5) is 12.1. The number of hydrogen-bond donors (Lipinski definition) is 5. The van der Waals surface area contributed by atoms with Gasteiger partial charge >= 0.3 is 0 Å². The van der Waals surface area contributed by atoms with Crippen molar-refractivity contribution < 1.29 is 14.6 Å². The van der Waals surface area contributed by atoms with E-state index >= 15 is 0 Å². The molecule has 140 valence electrons. The fourth-order valence-electron chi connectivity index (χ4n) is 2.18. The third kappa shape index (κ3) is 6.33. The summed E-state index contributed by atoms with van der Waals surface area (Å²) in [5.41, 5.74) is 7.36. The number of ether oxygens (including phenoxy) is 1. The predicted octanol–water partition coefficient (Wildman–Crippen LogP) is 2.64. The lowest BCUT2D eigenvalue weighted by Crippen LogP contribution is -2.21. The minimum Gasteiger partial charge on any atom is -0.442 e. The molecule has 0 aliphatic rings. The van der Waals surface area contributed by atoms with E-state index in [1.807, 2.05) is 6.07 Å². The van der Waals surface area contributed by atoms with E-state index in [9.17, 15) is 9.90 Å². The van der Waals surface area contributed by atoms with Crippen LogP contribution in [0.2, 0.25) is 0 Å². The van der Waals surface area contributed by atoms with Crippen LogP contribution in [0.15, 0.2) is 78.8 Å². The molecule has 2 aromatic rings. The number of carbonyl (C=O) groups excluding carboxylic acids is 1. The fraction of sp³-hybridized carbons (Fsp3) is 0.100. The van der Waals surface area contributed by atoms with Crippen LogP contribution in [0.4, 0.5) is 5.69 Å². The maximum absolute atomic E-state index is 12.1. The zero-order valence-corrected chi connectivity index (χ0v) is 14.9. The summed E-state index contributed by atoms with van der Waals surface area (Å²) in [6.45, 7) is 5.36. The second kappa shape index (κ2) is 9.21. The summed E-state index contributed by atoms with van der Waals surface area (Å²) >= 11 is 0. The summed E-state index contributed by atoms with van der Waals surface area (Å²) in [6, 6.07) is 15.1. The van der Waals surface area contributed by atoms with Gasteiger partial charge in [0.15, 0.2) is 12.0 Å². The zero-order valence-electron chi connectivity index (χ0n) is 14.9. The number of rotatable bonds is 7. The summed E-state index contributed by atoms with van der Waals surface area (Å²) in [5.74, 6) is -0.00843. The fourth-order valence-corrected chi connectivity index (χ4v) is 2.18. The lowest BCUT2D eigenvalue weighted by molar-refractivity contribution is -0.124. The second-order valence-corrected chi connectivity index (χ2v) is 5.79. The van der Waals surface area contributed by atoms with E-state index in [4.69, 9.17) is 15.9 Å². The van der Waals surface area contributed by atoms with E-state index in [-0.39, 0.29) is 11.7 Å². The molecular formula is C20H22N4O3. The van der Waals surface area contributed by atoms with E-state index in [1.54, 1.807) is 55.5 Å². The van der Waals surface area contributed by atoms with Crippen LogP contribution in [0.25, 0.3) is 0 Å². The van der Waals surface area contributed by atoms with E-state index in [0.29, 0.717) is 22.7 Å². The van der Waals surface area contributed by atoms with Crippen molar-refractivity contribution in [2.24, 2.45) is 5.73 Å². The van der Waals surface area contributed by atoms with Gasteiger partial charge in [-0.3, -0.25) is 10.2 Å². The molecule has 6 N–H and O–H groups in total. The molecule has 7 nitrogen and oxygen atoms in total. The Balaban J connectivity index is 1.95. The third-order valence-corrected chi connectivity index (χ3v) is 3.36. The summed E-state index contributed by atoms with van der Waals surface area (Å²) in [5, 5.41) is 23.1. The van der Waals surface area contributed by atoms with Gasteiger partial charge < -0.3 is 26.2 Å². The topological polar surface area (TPSA) is 120 Å². The molecule has 0 saturated carbocycles. The molecule has 27 heavy (non-hydrogen) atoms. The third-order valence-electron chi connectivity index (χ3n) is 3.36. The number of amides is 1. The number of carbonyl (C=O) groups is 1. The van der Waals surface area contributed by atoms with Gasteiger partial charge in [0.05, 0.1) is 0 Å². The molecule has 0 saturated heterocycles. The SMILES string of the molecule is C=C(C)NC(=N)/C=C(\N)Oc1ccc(NC(=O)[C@H](O)c2ccccc2)cc1. The first-order valence-corrected chi connectivity index (χ1v) is 8.15. The lowest BCUT2D eigenvalue weighted by atomic mass is 10.1. The second-order valence-electron chi connectivity index (χ2n) is 5.79. The van der Waals surface area contributed by atoms with Crippen molar-refractivity contribution in [1.82, 2.24) is 5.32 Å². The Hall–Kier alpha value is -3.58. The number of amidine groups is 1. The van der Waals surface area contributed by atoms with E-state index in [2.05, 4.69) is 17.2 Å². The lowest BCUT2D eigenvalue weighted by Gasteiger charge is -2.12. The number of benzene rings is 2. The molecule has 0 fully saturated rings. The first-order valence-electron chi connectivity index (χ1n) is 8.15. The Labute approximate surface area is 157 Å². The van der Waals surface area contributed by atoms with Crippen LogP contribution in [0.3, 0.4) is 0 Å². The van der Waals surface area contributed by atoms with Gasteiger partial charge in [-0.15, -0.1) is 0 Å². The molecule has 0 unspecified atom stereocenters. The van der Waals surface area contributed by atoms with Crippen molar-refractivity contribution in [3.8, 4) is 5.75 Å². The highest BCUT2D eigenvalue weighted by atomic mass is 16.5. The number of nitrogens with two attached hydrogens (primary N) is 1. The quantitative estimate of drug-likeness (QED) is 0.293. The molecule has 0 radical (unpaired) electrons. The number of nitrogens with one attached hydrogen (secondary N) is 3. The highest BCUT2D eigenvalue weighted by Gasteiger charge is 2.16. The molecule has 1 amide bonds. The summed E-state index contributed by atoms with van der Waals surface area (Å²) in [6.07, 6.45) is 0.0631. The monoisotopic (exact) mass is 366 g/mol. The minimum absolute atomic E-state index is 0.0324. The van der Waals surface area contributed by atoms with Crippen LogP contribution >= 0.6 is 0 Å². The average Bonchev–Trinajstić information content (AvgIpc) is 2.62. The van der Waals surface area contributed by atoms with Crippen LogP contribution < -0.4 is 21.1 Å². The Morgan fingerprint density at radius 2 is 1.85 bits per heavy atom. The number of hydrogen-bond acceptors (Lipinski definition) is 5. The van der Waals surface area contributed by atoms with Crippen molar-refractivity contribution in [3.05, 3.63) is 84.4 Å². The molecule has 0 aliphatic carbocycles. The van der Waals surface area contributed by atoms with E-state index in [0.717, 1.165) is 0 Å². The molecule has 0 spiro atoms. The highest BCUT2D eigenvalue weighted by molar-refractivity contribution is 5.94. The molecule has 7 heteroatoms. The Morgan fingerprint density at radius 3 is 2.44 bits per heavy atom. The average molecular weight is 366 g/mol. The Kier molecular flexibility index (Phi) is 6.73. The van der Waals surface area contributed by atoms with Crippen LogP contribution in [0.1, 0.15) is 18.6 Å². The zero-order chi connectivity index (χ0) is 19.8. The van der Waals surface area contributed by atoms with Gasteiger partial charge in [0.1, 0.15) is 11.6 Å². The molecule has 2 rings (SSSR count). The van der Waals surface area contributed by atoms with Crippen molar-refractivity contribution in [1.29, 1.82) is 5.41 Å². The van der Waals surface area contributed by atoms with Crippen molar-refractivity contribution in [2.75, 3.05) is 5.32 Å². The largest absolute Gasteiger partial charge is 0.442 e. The first-order chi connectivity index (χ1) is 12.8. The molecule has 2 aromatic carbocycles. The number of allylic oxidation sites excluding steroid dienone is 1. The smallest absolute Gasteiger partial charge is 0.257 e.